The van der Waals surface area contributed by atoms with E-state index in [0.717, 1.165) is 54.9 Å². The van der Waals surface area contributed by atoms with Crippen LogP contribution in [-0.2, 0) is 0 Å². The van der Waals surface area contributed by atoms with Crippen molar-refractivity contribution in [3.63, 3.8) is 0 Å². The summed E-state index contributed by atoms with van der Waals surface area (Å²) in [6.07, 6.45) is 0. The highest BCUT2D eigenvalue weighted by molar-refractivity contribution is 6.25. The van der Waals surface area contributed by atoms with Gasteiger partial charge in [0.25, 0.3) is 0 Å². The lowest BCUT2D eigenvalue weighted by Gasteiger charge is -2.13. The van der Waals surface area contributed by atoms with E-state index < -0.39 is 5.82 Å². The van der Waals surface area contributed by atoms with Gasteiger partial charge in [-0.2, -0.15) is 5.26 Å². The molecule has 0 aliphatic rings. The monoisotopic (exact) mass is 678 g/mol. The number of benzene rings is 8. The number of pyridine rings is 1. The number of para-hydroxylation sites is 2. The molecule has 11 rings (SSSR count). The maximum atomic E-state index is 14.5. The van der Waals surface area contributed by atoms with Crippen LogP contribution >= 0.6 is 0 Å². The number of nitriles is 1. The quantitative estimate of drug-likeness (QED) is 0.187. The molecule has 0 aliphatic heterocycles. The van der Waals surface area contributed by atoms with Crippen molar-refractivity contribution < 1.29 is 4.39 Å². The van der Waals surface area contributed by atoms with Crippen molar-refractivity contribution in [2.24, 2.45) is 0 Å². The summed E-state index contributed by atoms with van der Waals surface area (Å²) in [4.78, 5) is 4.97. The molecular weight excluding hydrogens is 652 g/mol. The Labute approximate surface area is 302 Å². The largest absolute Gasteiger partial charge is 0.309 e. The third kappa shape index (κ3) is 4.24. The highest BCUT2D eigenvalue weighted by Crippen LogP contribution is 2.44. The maximum absolute atomic E-state index is 14.5. The van der Waals surface area contributed by atoms with Gasteiger partial charge in [0.1, 0.15) is 11.6 Å². The molecule has 0 radical (unpaired) electrons. The Balaban J connectivity index is 1.25. The SMILES string of the molecule is N#Cc1cc(-n2c3ccccc3c3c4ccccc4c(-c4ccc5c(c4)c4ccc6ccccc6c4n5-c4ccccc4)cc32)nc2cc(F)ccc12. The van der Waals surface area contributed by atoms with Crippen molar-refractivity contribution in [2.45, 2.75) is 0 Å². The molecule has 0 unspecified atom stereocenters. The van der Waals surface area contributed by atoms with Gasteiger partial charge in [-0.1, -0.05) is 103 Å². The molecule has 4 nitrogen and oxygen atoms in total. The van der Waals surface area contributed by atoms with E-state index in [9.17, 15) is 9.65 Å². The van der Waals surface area contributed by atoms with E-state index >= 15 is 0 Å². The molecule has 0 saturated heterocycles. The summed E-state index contributed by atoms with van der Waals surface area (Å²) in [5, 5.41) is 20.1. The fraction of sp³-hybridized carbons (Fsp3) is 0. The lowest BCUT2D eigenvalue weighted by atomic mass is 9.94. The van der Waals surface area contributed by atoms with Crippen molar-refractivity contribution in [3.05, 3.63) is 175 Å². The first-order valence-corrected chi connectivity index (χ1v) is 17.6. The van der Waals surface area contributed by atoms with Gasteiger partial charge in [0, 0.05) is 44.1 Å². The second-order valence-corrected chi connectivity index (χ2v) is 13.6. The van der Waals surface area contributed by atoms with Gasteiger partial charge in [-0.3, -0.25) is 4.57 Å². The molecule has 5 heteroatoms. The summed E-state index contributed by atoms with van der Waals surface area (Å²) < 4.78 is 19.0. The standard InChI is InChI=1S/C48H27FN4/c49-32-20-22-34-31(28-50)25-46(51-42(34)26-32)53-43-17-9-8-16-39(43)47-37-15-7-6-14-36(37)40(27-45(47)53)30-19-23-44-41(24-30)38-21-18-29-10-4-5-13-35(29)48(38)52(44)33-11-2-1-3-12-33/h1-27H. The third-order valence-electron chi connectivity index (χ3n) is 10.8. The van der Waals surface area contributed by atoms with Gasteiger partial charge in [-0.25, -0.2) is 9.37 Å². The van der Waals surface area contributed by atoms with Crippen LogP contribution in [0.4, 0.5) is 4.39 Å². The van der Waals surface area contributed by atoms with Crippen molar-refractivity contribution in [2.75, 3.05) is 0 Å². The van der Waals surface area contributed by atoms with Crippen LogP contribution in [0.15, 0.2) is 164 Å². The van der Waals surface area contributed by atoms with Gasteiger partial charge < -0.3 is 4.57 Å². The van der Waals surface area contributed by atoms with Crippen LogP contribution in [0.5, 0.6) is 0 Å². The lowest BCUT2D eigenvalue weighted by molar-refractivity contribution is 0.629. The zero-order chi connectivity index (χ0) is 35.2. The van der Waals surface area contributed by atoms with Crippen molar-refractivity contribution in [1.82, 2.24) is 14.1 Å². The van der Waals surface area contributed by atoms with Gasteiger partial charge >= 0.3 is 0 Å². The van der Waals surface area contributed by atoms with E-state index in [1.165, 1.54) is 39.2 Å². The molecule has 0 amide bonds. The summed E-state index contributed by atoms with van der Waals surface area (Å²) in [6, 6.07) is 58.1. The normalized spacial score (nSPS) is 11.8. The predicted molar refractivity (Wildman–Crippen MR) is 216 cm³/mol. The number of hydrogen-bond donors (Lipinski definition) is 0. The van der Waals surface area contributed by atoms with E-state index in [1.807, 2.05) is 12.1 Å². The molecule has 3 heterocycles. The second-order valence-electron chi connectivity index (χ2n) is 13.6. The fourth-order valence-corrected chi connectivity index (χ4v) is 8.50. The molecule has 53 heavy (non-hydrogen) atoms. The van der Waals surface area contributed by atoms with E-state index in [-0.39, 0.29) is 0 Å². The van der Waals surface area contributed by atoms with Gasteiger partial charge in [0.05, 0.1) is 39.2 Å². The topological polar surface area (TPSA) is 46.5 Å². The summed E-state index contributed by atoms with van der Waals surface area (Å²) in [5.74, 6) is 0.180. The molecule has 246 valence electrons. The summed E-state index contributed by atoms with van der Waals surface area (Å²) in [6.45, 7) is 0. The Hall–Kier alpha value is -7.29. The molecule has 0 saturated carbocycles. The zero-order valence-corrected chi connectivity index (χ0v) is 28.3. The molecular formula is C48H27FN4. The van der Waals surface area contributed by atoms with E-state index in [0.29, 0.717) is 22.3 Å². The number of rotatable bonds is 3. The van der Waals surface area contributed by atoms with Gasteiger partial charge in [0.15, 0.2) is 0 Å². The van der Waals surface area contributed by atoms with Crippen molar-refractivity contribution >= 4 is 76.1 Å². The van der Waals surface area contributed by atoms with Crippen LogP contribution in [0.25, 0.3) is 98.7 Å². The number of hydrogen-bond acceptors (Lipinski definition) is 2. The molecule has 0 bridgehead atoms. The van der Waals surface area contributed by atoms with Crippen LogP contribution in [0.2, 0.25) is 0 Å². The smallest absolute Gasteiger partial charge is 0.139 e. The minimum Gasteiger partial charge on any atom is -0.309 e. The van der Waals surface area contributed by atoms with Crippen LogP contribution in [0.1, 0.15) is 5.56 Å². The Bertz CT molecular complexity index is 3370. The van der Waals surface area contributed by atoms with Gasteiger partial charge in [-0.05, 0) is 81.9 Å². The first-order valence-electron chi connectivity index (χ1n) is 17.6. The van der Waals surface area contributed by atoms with Crippen LogP contribution in [-0.4, -0.2) is 14.1 Å². The second kappa shape index (κ2) is 11.1. The van der Waals surface area contributed by atoms with Crippen LogP contribution in [0.3, 0.4) is 0 Å². The lowest BCUT2D eigenvalue weighted by Crippen LogP contribution is -2.00. The molecule has 0 spiro atoms. The molecule has 3 aromatic heterocycles. The van der Waals surface area contributed by atoms with E-state index in [4.69, 9.17) is 4.98 Å². The predicted octanol–water partition coefficient (Wildman–Crippen LogP) is 12.4. The number of halogens is 1. The molecule has 11 aromatic rings. The first kappa shape index (κ1) is 29.4. The summed E-state index contributed by atoms with van der Waals surface area (Å²) in [7, 11) is 0. The zero-order valence-electron chi connectivity index (χ0n) is 28.3. The third-order valence-corrected chi connectivity index (χ3v) is 10.8. The highest BCUT2D eigenvalue weighted by atomic mass is 19.1. The number of fused-ring (bicyclic) bond motifs is 11. The molecule has 0 fully saturated rings. The Morgan fingerprint density at radius 2 is 1.23 bits per heavy atom. The van der Waals surface area contributed by atoms with E-state index in [2.05, 4.69) is 149 Å². The Morgan fingerprint density at radius 3 is 2.08 bits per heavy atom. The van der Waals surface area contributed by atoms with Crippen LogP contribution in [0, 0.1) is 17.1 Å². The van der Waals surface area contributed by atoms with Gasteiger partial charge in [0.2, 0.25) is 0 Å². The molecule has 8 aromatic carbocycles. The molecule has 0 N–H and O–H groups in total. The van der Waals surface area contributed by atoms with Crippen LogP contribution < -0.4 is 0 Å². The first-order chi connectivity index (χ1) is 26.2. The fourth-order valence-electron chi connectivity index (χ4n) is 8.50. The maximum Gasteiger partial charge on any atom is 0.139 e. The minimum atomic E-state index is -0.390. The Morgan fingerprint density at radius 1 is 0.509 bits per heavy atom. The number of nitrogens with zero attached hydrogens (tertiary/aromatic N) is 4. The summed E-state index contributed by atoms with van der Waals surface area (Å²) in [5.41, 5.74) is 8.45. The average Bonchev–Trinajstić information content (AvgIpc) is 3.73. The van der Waals surface area contributed by atoms with E-state index in [1.54, 1.807) is 6.07 Å². The van der Waals surface area contributed by atoms with Gasteiger partial charge in [-0.15, -0.1) is 0 Å². The molecule has 0 aliphatic carbocycles. The highest BCUT2D eigenvalue weighted by Gasteiger charge is 2.21. The Kier molecular flexibility index (Phi) is 6.17. The summed E-state index contributed by atoms with van der Waals surface area (Å²) >= 11 is 0. The number of aromatic nitrogens is 3. The average molecular weight is 679 g/mol. The molecule has 0 atom stereocenters. The minimum absolute atomic E-state index is 0.390. The van der Waals surface area contributed by atoms with Crippen molar-refractivity contribution in [1.29, 1.82) is 5.26 Å². The van der Waals surface area contributed by atoms with Crippen molar-refractivity contribution in [3.8, 4) is 28.7 Å².